The van der Waals surface area contributed by atoms with Crippen LogP contribution >= 0.6 is 0 Å². The van der Waals surface area contributed by atoms with Crippen LogP contribution in [0.3, 0.4) is 0 Å². The lowest BCUT2D eigenvalue weighted by Gasteiger charge is -2.32. The SMILES string of the molecule is O=C(NC1CCN(C(=O)c2ccccc2O)CC1)c1ccc(F)cc1. The molecule has 1 aliphatic rings. The molecule has 6 heteroatoms. The molecule has 2 aromatic rings. The van der Waals surface area contributed by atoms with Crippen LogP contribution < -0.4 is 5.32 Å². The smallest absolute Gasteiger partial charge is 0.257 e. The van der Waals surface area contributed by atoms with Crippen molar-refractivity contribution in [3.05, 3.63) is 65.5 Å². The van der Waals surface area contributed by atoms with Crippen LogP contribution in [0.5, 0.6) is 5.75 Å². The summed E-state index contributed by atoms with van der Waals surface area (Å²) in [6.45, 7) is 1.00. The maximum absolute atomic E-state index is 12.9. The fourth-order valence-electron chi connectivity index (χ4n) is 2.92. The predicted molar refractivity (Wildman–Crippen MR) is 90.9 cm³/mol. The van der Waals surface area contributed by atoms with E-state index in [1.54, 1.807) is 23.1 Å². The van der Waals surface area contributed by atoms with Crippen LogP contribution in [0.2, 0.25) is 0 Å². The van der Waals surface area contributed by atoms with Gasteiger partial charge in [0.15, 0.2) is 0 Å². The number of rotatable bonds is 3. The van der Waals surface area contributed by atoms with Crippen LogP contribution in [0.1, 0.15) is 33.6 Å². The first kappa shape index (κ1) is 17.0. The van der Waals surface area contributed by atoms with Gasteiger partial charge in [-0.25, -0.2) is 4.39 Å². The number of carbonyl (C=O) groups is 2. The molecule has 0 spiro atoms. The van der Waals surface area contributed by atoms with Crippen LogP contribution in [-0.2, 0) is 0 Å². The summed E-state index contributed by atoms with van der Waals surface area (Å²) >= 11 is 0. The third-order valence-electron chi connectivity index (χ3n) is 4.36. The average molecular weight is 342 g/mol. The van der Waals surface area contributed by atoms with Gasteiger partial charge in [-0.2, -0.15) is 0 Å². The third-order valence-corrected chi connectivity index (χ3v) is 4.36. The fourth-order valence-corrected chi connectivity index (χ4v) is 2.92. The van der Waals surface area contributed by atoms with Gasteiger partial charge >= 0.3 is 0 Å². The number of halogens is 1. The fraction of sp³-hybridized carbons (Fsp3) is 0.263. The number of phenolic OH excluding ortho intramolecular Hbond substituents is 1. The highest BCUT2D eigenvalue weighted by Gasteiger charge is 2.26. The normalized spacial score (nSPS) is 15.0. The number of aromatic hydroxyl groups is 1. The van der Waals surface area contributed by atoms with Crippen molar-refractivity contribution in [3.63, 3.8) is 0 Å². The van der Waals surface area contributed by atoms with Crippen molar-refractivity contribution in [2.75, 3.05) is 13.1 Å². The van der Waals surface area contributed by atoms with E-state index in [4.69, 9.17) is 0 Å². The topological polar surface area (TPSA) is 69.6 Å². The molecule has 1 fully saturated rings. The highest BCUT2D eigenvalue weighted by Crippen LogP contribution is 2.20. The molecule has 0 saturated carbocycles. The molecule has 25 heavy (non-hydrogen) atoms. The average Bonchev–Trinajstić information content (AvgIpc) is 2.63. The molecule has 0 radical (unpaired) electrons. The number of carbonyl (C=O) groups excluding carboxylic acids is 2. The number of benzene rings is 2. The second kappa shape index (κ2) is 7.34. The van der Waals surface area contributed by atoms with Gasteiger partial charge in [0.2, 0.25) is 0 Å². The summed E-state index contributed by atoms with van der Waals surface area (Å²) in [5, 5.41) is 12.7. The number of hydrogen-bond acceptors (Lipinski definition) is 3. The van der Waals surface area contributed by atoms with Crippen LogP contribution in [0.4, 0.5) is 4.39 Å². The van der Waals surface area contributed by atoms with Crippen molar-refractivity contribution in [2.24, 2.45) is 0 Å². The highest BCUT2D eigenvalue weighted by molar-refractivity contribution is 5.97. The van der Waals surface area contributed by atoms with Crippen molar-refractivity contribution in [1.82, 2.24) is 10.2 Å². The maximum Gasteiger partial charge on any atom is 0.257 e. The van der Waals surface area contributed by atoms with E-state index in [2.05, 4.69) is 5.32 Å². The van der Waals surface area contributed by atoms with Gasteiger partial charge in [-0.15, -0.1) is 0 Å². The molecule has 2 amide bonds. The van der Waals surface area contributed by atoms with Gasteiger partial charge < -0.3 is 15.3 Å². The number of phenols is 1. The molecule has 3 rings (SSSR count). The molecule has 2 aromatic carbocycles. The third kappa shape index (κ3) is 3.96. The molecule has 0 unspecified atom stereocenters. The van der Waals surface area contributed by atoms with Crippen molar-refractivity contribution >= 4 is 11.8 Å². The van der Waals surface area contributed by atoms with Gasteiger partial charge in [0.1, 0.15) is 11.6 Å². The zero-order valence-electron chi connectivity index (χ0n) is 13.6. The molecule has 0 atom stereocenters. The Morgan fingerprint density at radius 3 is 2.32 bits per heavy atom. The lowest BCUT2D eigenvalue weighted by molar-refractivity contribution is 0.0695. The molecule has 1 aliphatic heterocycles. The summed E-state index contributed by atoms with van der Waals surface area (Å²) in [6.07, 6.45) is 1.26. The molecule has 130 valence electrons. The molecular weight excluding hydrogens is 323 g/mol. The Balaban J connectivity index is 1.55. The Kier molecular flexibility index (Phi) is 4.97. The minimum atomic E-state index is -0.382. The molecule has 0 aliphatic carbocycles. The van der Waals surface area contributed by atoms with Crippen molar-refractivity contribution in [2.45, 2.75) is 18.9 Å². The van der Waals surface area contributed by atoms with Gasteiger partial charge in [0.05, 0.1) is 5.56 Å². The van der Waals surface area contributed by atoms with E-state index in [-0.39, 0.29) is 35.0 Å². The molecule has 1 saturated heterocycles. The van der Waals surface area contributed by atoms with Crippen LogP contribution in [0.15, 0.2) is 48.5 Å². The summed E-state index contributed by atoms with van der Waals surface area (Å²) in [5.74, 6) is -0.862. The lowest BCUT2D eigenvalue weighted by Crippen LogP contribution is -2.46. The monoisotopic (exact) mass is 342 g/mol. The highest BCUT2D eigenvalue weighted by atomic mass is 19.1. The summed E-state index contributed by atoms with van der Waals surface area (Å²) < 4.78 is 12.9. The Labute approximate surface area is 145 Å². The molecule has 5 nitrogen and oxygen atoms in total. The van der Waals surface area contributed by atoms with Gasteiger partial charge in [-0.1, -0.05) is 12.1 Å². The number of nitrogens with one attached hydrogen (secondary N) is 1. The van der Waals surface area contributed by atoms with E-state index in [0.717, 1.165) is 0 Å². The Bertz CT molecular complexity index is 768. The van der Waals surface area contributed by atoms with Crippen molar-refractivity contribution < 1.29 is 19.1 Å². The Morgan fingerprint density at radius 2 is 1.68 bits per heavy atom. The Hall–Kier alpha value is -2.89. The van der Waals surface area contributed by atoms with E-state index in [1.165, 1.54) is 30.3 Å². The second-order valence-electron chi connectivity index (χ2n) is 6.06. The Morgan fingerprint density at radius 1 is 1.04 bits per heavy atom. The minimum Gasteiger partial charge on any atom is -0.507 e. The first-order valence-electron chi connectivity index (χ1n) is 8.18. The zero-order valence-corrected chi connectivity index (χ0v) is 13.6. The van der Waals surface area contributed by atoms with E-state index < -0.39 is 0 Å². The number of para-hydroxylation sites is 1. The number of piperidine rings is 1. The predicted octanol–water partition coefficient (Wildman–Crippen LogP) is 2.57. The standard InChI is InChI=1S/C19H19FN2O3/c20-14-7-5-13(6-8-14)18(24)21-15-9-11-22(12-10-15)19(25)16-3-1-2-4-17(16)23/h1-8,15,23H,9-12H2,(H,21,24). The van der Waals surface area contributed by atoms with Crippen LogP contribution in [0, 0.1) is 5.82 Å². The van der Waals surface area contributed by atoms with Crippen molar-refractivity contribution in [1.29, 1.82) is 0 Å². The molecular formula is C19H19FN2O3. The number of amides is 2. The van der Waals surface area contributed by atoms with Gasteiger partial charge in [0.25, 0.3) is 11.8 Å². The zero-order chi connectivity index (χ0) is 17.8. The number of likely N-dealkylation sites (tertiary alicyclic amines) is 1. The van der Waals surface area contributed by atoms with E-state index in [1.807, 2.05) is 0 Å². The van der Waals surface area contributed by atoms with Gasteiger partial charge in [-0.3, -0.25) is 9.59 Å². The number of hydrogen-bond donors (Lipinski definition) is 2. The summed E-state index contributed by atoms with van der Waals surface area (Å²) in [6, 6.07) is 11.8. The van der Waals surface area contributed by atoms with Crippen molar-refractivity contribution in [3.8, 4) is 5.75 Å². The quantitative estimate of drug-likeness (QED) is 0.901. The lowest BCUT2D eigenvalue weighted by atomic mass is 10.0. The van der Waals surface area contributed by atoms with E-state index >= 15 is 0 Å². The minimum absolute atomic E-state index is 0.0285. The second-order valence-corrected chi connectivity index (χ2v) is 6.06. The van der Waals surface area contributed by atoms with Gasteiger partial charge in [-0.05, 0) is 49.2 Å². The first-order chi connectivity index (χ1) is 12.0. The van der Waals surface area contributed by atoms with Crippen LogP contribution in [-0.4, -0.2) is 41.0 Å². The van der Waals surface area contributed by atoms with E-state index in [9.17, 15) is 19.1 Å². The molecule has 2 N–H and O–H groups in total. The summed E-state index contributed by atoms with van der Waals surface area (Å²) in [4.78, 5) is 26.3. The molecule has 0 bridgehead atoms. The first-order valence-corrected chi connectivity index (χ1v) is 8.18. The molecule has 0 aromatic heterocycles. The van der Waals surface area contributed by atoms with E-state index in [0.29, 0.717) is 31.5 Å². The maximum atomic E-state index is 12.9. The van der Waals surface area contributed by atoms with Crippen LogP contribution in [0.25, 0.3) is 0 Å². The number of nitrogens with zero attached hydrogens (tertiary/aromatic N) is 1. The summed E-state index contributed by atoms with van der Waals surface area (Å²) in [5.41, 5.74) is 0.699. The summed E-state index contributed by atoms with van der Waals surface area (Å²) in [7, 11) is 0. The van der Waals surface area contributed by atoms with Gasteiger partial charge in [0, 0.05) is 24.7 Å². The largest absolute Gasteiger partial charge is 0.507 e. The molecule has 1 heterocycles.